The third-order valence-corrected chi connectivity index (χ3v) is 4.02. The molecular weight excluding hydrogens is 267 g/mol. The summed E-state index contributed by atoms with van der Waals surface area (Å²) in [5.41, 5.74) is 9.95. The lowest BCUT2D eigenvalue weighted by Crippen LogP contribution is -1.97. The Labute approximate surface area is 116 Å². The van der Waals surface area contributed by atoms with Crippen molar-refractivity contribution in [2.24, 2.45) is 0 Å². The van der Waals surface area contributed by atoms with Gasteiger partial charge in [-0.05, 0) is 48.9 Å². The highest BCUT2D eigenvalue weighted by Crippen LogP contribution is 2.33. The zero-order valence-corrected chi connectivity index (χ0v) is 11.4. The van der Waals surface area contributed by atoms with Crippen LogP contribution in [0.4, 0.5) is 5.69 Å². The Hall–Kier alpha value is -1.12. The van der Waals surface area contributed by atoms with Crippen LogP contribution in [0.2, 0.25) is 10.0 Å². The van der Waals surface area contributed by atoms with Gasteiger partial charge in [0.05, 0.1) is 15.7 Å². The second-order valence-electron chi connectivity index (χ2n) is 4.76. The molecular formula is C14H14Cl2N2. The molecule has 2 aromatic rings. The Morgan fingerprint density at radius 2 is 1.44 bits per heavy atom. The monoisotopic (exact) mass is 280 g/mol. The number of nitrogen functional groups attached to an aromatic ring is 1. The number of anilines is 1. The number of halogens is 2. The number of hydrogen-bond acceptors (Lipinski definition) is 1. The Kier molecular flexibility index (Phi) is 3.00. The van der Waals surface area contributed by atoms with Gasteiger partial charge in [0.1, 0.15) is 0 Å². The van der Waals surface area contributed by atoms with E-state index in [1.165, 1.54) is 24.0 Å². The van der Waals surface area contributed by atoms with Crippen LogP contribution in [0.3, 0.4) is 0 Å². The first-order valence-electron chi connectivity index (χ1n) is 6.10. The van der Waals surface area contributed by atoms with Gasteiger partial charge in [-0.25, -0.2) is 0 Å². The van der Waals surface area contributed by atoms with Gasteiger partial charge in [0.25, 0.3) is 0 Å². The van der Waals surface area contributed by atoms with Gasteiger partial charge in [0.15, 0.2) is 0 Å². The fraction of sp³-hybridized carbons (Fsp3) is 0.286. The zero-order valence-electron chi connectivity index (χ0n) is 9.92. The summed E-state index contributed by atoms with van der Waals surface area (Å²) >= 11 is 12.5. The second kappa shape index (κ2) is 4.52. The van der Waals surface area contributed by atoms with Crippen LogP contribution < -0.4 is 5.73 Å². The molecule has 2 N–H and O–H groups in total. The van der Waals surface area contributed by atoms with E-state index >= 15 is 0 Å². The minimum absolute atomic E-state index is 0.589. The Bertz CT molecular complexity index is 555. The zero-order chi connectivity index (χ0) is 12.7. The van der Waals surface area contributed by atoms with Crippen LogP contribution in [-0.2, 0) is 12.8 Å². The maximum Gasteiger partial charge on any atom is 0.0827 e. The van der Waals surface area contributed by atoms with Gasteiger partial charge < -0.3 is 10.3 Å². The van der Waals surface area contributed by atoms with Crippen molar-refractivity contribution in [1.29, 1.82) is 0 Å². The molecule has 0 spiro atoms. The fourth-order valence-electron chi connectivity index (χ4n) is 2.58. The normalized spacial score (nSPS) is 14.6. The van der Waals surface area contributed by atoms with Crippen molar-refractivity contribution in [2.45, 2.75) is 25.7 Å². The van der Waals surface area contributed by atoms with Crippen molar-refractivity contribution in [3.8, 4) is 5.69 Å². The molecule has 1 aromatic heterocycles. The van der Waals surface area contributed by atoms with Crippen LogP contribution in [0.1, 0.15) is 24.0 Å². The Balaban J connectivity index is 2.12. The molecule has 1 aliphatic rings. The summed E-state index contributed by atoms with van der Waals surface area (Å²) in [4.78, 5) is 0. The van der Waals surface area contributed by atoms with Crippen molar-refractivity contribution in [3.05, 3.63) is 45.7 Å². The van der Waals surface area contributed by atoms with Gasteiger partial charge in [0, 0.05) is 18.1 Å². The largest absolute Gasteiger partial charge is 0.399 e. The average molecular weight is 281 g/mol. The first-order valence-corrected chi connectivity index (χ1v) is 6.85. The molecule has 18 heavy (non-hydrogen) atoms. The highest BCUT2D eigenvalue weighted by atomic mass is 35.5. The van der Waals surface area contributed by atoms with Crippen molar-refractivity contribution < 1.29 is 0 Å². The summed E-state index contributed by atoms with van der Waals surface area (Å²) in [5, 5.41) is 1.18. The summed E-state index contributed by atoms with van der Waals surface area (Å²) in [6.45, 7) is 0. The molecule has 1 aromatic carbocycles. The summed E-state index contributed by atoms with van der Waals surface area (Å²) in [7, 11) is 0. The average Bonchev–Trinajstić information content (AvgIpc) is 2.70. The molecule has 0 saturated heterocycles. The first kappa shape index (κ1) is 11.9. The van der Waals surface area contributed by atoms with Gasteiger partial charge in [-0.3, -0.25) is 0 Å². The highest BCUT2D eigenvalue weighted by molar-refractivity contribution is 6.38. The number of aryl methyl sites for hydroxylation is 2. The van der Waals surface area contributed by atoms with Crippen molar-refractivity contribution in [3.63, 3.8) is 0 Å². The maximum absolute atomic E-state index is 6.25. The molecule has 0 atom stereocenters. The van der Waals surface area contributed by atoms with Crippen LogP contribution in [0.25, 0.3) is 5.69 Å². The molecule has 2 nitrogen and oxygen atoms in total. The van der Waals surface area contributed by atoms with E-state index in [0.717, 1.165) is 18.5 Å². The smallest absolute Gasteiger partial charge is 0.0827 e. The van der Waals surface area contributed by atoms with Crippen LogP contribution in [0.15, 0.2) is 24.5 Å². The third-order valence-electron chi connectivity index (χ3n) is 3.44. The van der Waals surface area contributed by atoms with Crippen molar-refractivity contribution >= 4 is 28.9 Å². The van der Waals surface area contributed by atoms with E-state index in [9.17, 15) is 0 Å². The minimum atomic E-state index is 0.589. The van der Waals surface area contributed by atoms with Gasteiger partial charge in [-0.2, -0.15) is 0 Å². The lowest BCUT2D eigenvalue weighted by Gasteiger charge is -2.09. The second-order valence-corrected chi connectivity index (χ2v) is 5.57. The molecule has 0 radical (unpaired) electrons. The van der Waals surface area contributed by atoms with Crippen molar-refractivity contribution in [1.82, 2.24) is 4.57 Å². The molecule has 94 valence electrons. The fourth-order valence-corrected chi connectivity index (χ4v) is 3.28. The number of benzene rings is 1. The number of nitrogens with two attached hydrogens (primary N) is 1. The number of rotatable bonds is 1. The molecule has 0 saturated carbocycles. The summed E-state index contributed by atoms with van der Waals surface area (Å²) in [5.74, 6) is 0. The number of aromatic nitrogens is 1. The molecule has 0 amide bonds. The topological polar surface area (TPSA) is 30.9 Å². The van der Waals surface area contributed by atoms with Gasteiger partial charge >= 0.3 is 0 Å². The summed E-state index contributed by atoms with van der Waals surface area (Å²) < 4.78 is 2.03. The molecule has 1 heterocycles. The molecule has 3 rings (SSSR count). The van der Waals surface area contributed by atoms with E-state index in [0.29, 0.717) is 15.7 Å². The van der Waals surface area contributed by atoms with Crippen LogP contribution in [0, 0.1) is 0 Å². The molecule has 0 aliphatic heterocycles. The number of fused-ring (bicyclic) bond motifs is 1. The molecule has 0 fully saturated rings. The van der Waals surface area contributed by atoms with Crippen LogP contribution in [0.5, 0.6) is 0 Å². The standard InChI is InChI=1S/C14H14Cl2N2/c15-12-5-11(17)6-13(16)14(12)18-7-9-3-1-2-4-10(9)8-18/h5-8H,1-4,17H2. The number of hydrogen-bond donors (Lipinski definition) is 1. The molecule has 0 unspecified atom stereocenters. The Morgan fingerprint density at radius 3 is 1.94 bits per heavy atom. The van der Waals surface area contributed by atoms with Crippen molar-refractivity contribution in [2.75, 3.05) is 5.73 Å². The Morgan fingerprint density at radius 1 is 0.944 bits per heavy atom. The molecule has 0 bridgehead atoms. The predicted molar refractivity (Wildman–Crippen MR) is 76.8 cm³/mol. The van der Waals surface area contributed by atoms with Gasteiger partial charge in [0.2, 0.25) is 0 Å². The third kappa shape index (κ3) is 2.00. The van der Waals surface area contributed by atoms with Gasteiger partial charge in [-0.1, -0.05) is 23.2 Å². The van der Waals surface area contributed by atoms with E-state index in [2.05, 4.69) is 12.4 Å². The first-order chi connectivity index (χ1) is 8.65. The van der Waals surface area contributed by atoms with E-state index in [-0.39, 0.29) is 0 Å². The summed E-state index contributed by atoms with van der Waals surface area (Å²) in [6, 6.07) is 3.48. The van der Waals surface area contributed by atoms with E-state index in [1.54, 1.807) is 12.1 Å². The number of nitrogens with zero attached hydrogens (tertiary/aromatic N) is 1. The molecule has 4 heteroatoms. The lowest BCUT2D eigenvalue weighted by atomic mass is 9.96. The highest BCUT2D eigenvalue weighted by Gasteiger charge is 2.15. The van der Waals surface area contributed by atoms with Crippen LogP contribution >= 0.6 is 23.2 Å². The quantitative estimate of drug-likeness (QED) is 0.778. The predicted octanol–water partition coefficient (Wildman–Crippen LogP) is 4.25. The maximum atomic E-state index is 6.25. The SMILES string of the molecule is Nc1cc(Cl)c(-n2cc3c(c2)CCCC3)c(Cl)c1. The van der Waals surface area contributed by atoms with E-state index < -0.39 is 0 Å². The summed E-state index contributed by atoms with van der Waals surface area (Å²) in [6.07, 6.45) is 9.09. The van der Waals surface area contributed by atoms with E-state index in [1.807, 2.05) is 4.57 Å². The lowest BCUT2D eigenvalue weighted by molar-refractivity contribution is 0.690. The minimum Gasteiger partial charge on any atom is -0.399 e. The molecule has 1 aliphatic carbocycles. The van der Waals surface area contributed by atoms with Gasteiger partial charge in [-0.15, -0.1) is 0 Å². The van der Waals surface area contributed by atoms with E-state index in [4.69, 9.17) is 28.9 Å². The van der Waals surface area contributed by atoms with Crippen LogP contribution in [-0.4, -0.2) is 4.57 Å².